The molecule has 2 amide bonds. The van der Waals surface area contributed by atoms with Gasteiger partial charge in [0.25, 0.3) is 0 Å². The Hall–Kier alpha value is -2.59. The quantitative estimate of drug-likeness (QED) is 0.619. The minimum Gasteiger partial charge on any atom is -0.444 e. The van der Waals surface area contributed by atoms with Crippen molar-refractivity contribution in [2.45, 2.75) is 78.5 Å². The van der Waals surface area contributed by atoms with Crippen LogP contribution in [0.5, 0.6) is 0 Å². The van der Waals surface area contributed by atoms with Gasteiger partial charge in [-0.2, -0.15) is 5.26 Å². The largest absolute Gasteiger partial charge is 0.444 e. The molecule has 2 aliphatic rings. The first-order chi connectivity index (χ1) is 16.1. The number of amides is 2. The summed E-state index contributed by atoms with van der Waals surface area (Å²) in [7, 11) is 0. The van der Waals surface area contributed by atoms with Gasteiger partial charge in [-0.25, -0.2) is 4.79 Å². The molecule has 7 nitrogen and oxygen atoms in total. The van der Waals surface area contributed by atoms with Crippen LogP contribution in [0.25, 0.3) is 0 Å². The van der Waals surface area contributed by atoms with E-state index < -0.39 is 11.5 Å². The molecule has 0 saturated carbocycles. The highest BCUT2D eigenvalue weighted by Gasteiger charge is 2.33. The van der Waals surface area contributed by atoms with Crippen molar-refractivity contribution in [1.29, 1.82) is 5.26 Å². The van der Waals surface area contributed by atoms with Crippen LogP contribution < -0.4 is 0 Å². The van der Waals surface area contributed by atoms with Gasteiger partial charge in [-0.05, 0) is 76.0 Å². The lowest BCUT2D eigenvalue weighted by Crippen LogP contribution is -2.47. The number of benzene rings is 1. The summed E-state index contributed by atoms with van der Waals surface area (Å²) >= 11 is 0. The fourth-order valence-electron chi connectivity index (χ4n) is 4.90. The Labute approximate surface area is 204 Å². The molecule has 2 unspecified atom stereocenters. The Kier molecular flexibility index (Phi) is 8.59. The molecule has 3 rings (SSSR count). The maximum atomic E-state index is 13.3. The molecule has 2 heterocycles. The van der Waals surface area contributed by atoms with E-state index in [1.165, 1.54) is 5.56 Å². The van der Waals surface area contributed by atoms with Gasteiger partial charge in [0, 0.05) is 38.9 Å². The Balaban J connectivity index is 1.68. The zero-order valence-electron chi connectivity index (χ0n) is 21.3. The number of hydrogen-bond acceptors (Lipinski definition) is 5. The van der Waals surface area contributed by atoms with Crippen LogP contribution in [0, 0.1) is 23.2 Å². The Morgan fingerprint density at radius 2 is 1.97 bits per heavy atom. The van der Waals surface area contributed by atoms with E-state index in [-0.39, 0.29) is 24.0 Å². The van der Waals surface area contributed by atoms with Crippen molar-refractivity contribution in [1.82, 2.24) is 9.80 Å². The summed E-state index contributed by atoms with van der Waals surface area (Å²) in [6.45, 7) is 12.7. The Morgan fingerprint density at radius 3 is 2.59 bits per heavy atom. The molecule has 0 bridgehead atoms. The molecule has 2 aliphatic heterocycles. The van der Waals surface area contributed by atoms with Crippen LogP contribution in [0.2, 0.25) is 0 Å². The Bertz CT molecular complexity index is 911. The van der Waals surface area contributed by atoms with Gasteiger partial charge in [-0.15, -0.1) is 0 Å². The van der Waals surface area contributed by atoms with Crippen molar-refractivity contribution >= 4 is 12.0 Å². The molecule has 1 saturated heterocycles. The van der Waals surface area contributed by atoms with Crippen molar-refractivity contribution in [2.24, 2.45) is 11.8 Å². The van der Waals surface area contributed by atoms with E-state index >= 15 is 0 Å². The molecule has 7 heteroatoms. The Morgan fingerprint density at radius 1 is 1.26 bits per heavy atom. The maximum Gasteiger partial charge on any atom is 0.410 e. The number of carbonyl (C=O) groups is 2. The van der Waals surface area contributed by atoms with Crippen LogP contribution >= 0.6 is 0 Å². The molecule has 0 N–H and O–H groups in total. The van der Waals surface area contributed by atoms with Gasteiger partial charge in [0.1, 0.15) is 11.5 Å². The second kappa shape index (κ2) is 11.2. The second-order valence-electron chi connectivity index (χ2n) is 10.5. The van der Waals surface area contributed by atoms with Gasteiger partial charge in [0.15, 0.2) is 0 Å². The molecule has 2 atom stereocenters. The van der Waals surface area contributed by atoms with E-state index in [2.05, 4.69) is 24.3 Å². The summed E-state index contributed by atoms with van der Waals surface area (Å²) in [6.07, 6.45) is 2.78. The lowest BCUT2D eigenvalue weighted by atomic mass is 9.86. The van der Waals surface area contributed by atoms with E-state index in [0.29, 0.717) is 39.3 Å². The van der Waals surface area contributed by atoms with Gasteiger partial charge < -0.3 is 19.3 Å². The fraction of sp³-hybridized carbons (Fsp3) is 0.667. The third kappa shape index (κ3) is 6.50. The van der Waals surface area contributed by atoms with Gasteiger partial charge in [0.2, 0.25) is 5.91 Å². The van der Waals surface area contributed by atoms with Gasteiger partial charge >= 0.3 is 6.09 Å². The monoisotopic (exact) mass is 469 g/mol. The lowest BCUT2D eigenvalue weighted by Gasteiger charge is -2.35. The zero-order valence-corrected chi connectivity index (χ0v) is 21.3. The van der Waals surface area contributed by atoms with Crippen molar-refractivity contribution < 1.29 is 19.1 Å². The van der Waals surface area contributed by atoms with E-state index in [1.54, 1.807) is 4.90 Å². The molecule has 186 valence electrons. The third-order valence-electron chi connectivity index (χ3n) is 6.72. The number of nitriles is 1. The molecular formula is C27H39N3O4. The predicted molar refractivity (Wildman–Crippen MR) is 130 cm³/mol. The number of hydrogen-bond donors (Lipinski definition) is 0. The summed E-state index contributed by atoms with van der Waals surface area (Å²) in [5, 5.41) is 9.89. The van der Waals surface area contributed by atoms with Crippen LogP contribution in [0.1, 0.15) is 64.2 Å². The number of rotatable bonds is 6. The number of fused-ring (bicyclic) bond motifs is 1. The minimum atomic E-state index is -0.683. The zero-order chi connectivity index (χ0) is 24.9. The standard InChI is InChI=1S/C27H39N3O4/c1-6-30(23-10-13-33-14-11-23)25(31)24(17-28)19(2)15-20-7-8-21-9-12-29(18-22(21)16-20)26(32)34-27(3,4)5/h7-8,16,19,23-24H,6,9-15,18H2,1-5H3. The molecule has 0 spiro atoms. The lowest BCUT2D eigenvalue weighted by molar-refractivity contribution is -0.139. The molecule has 0 radical (unpaired) electrons. The van der Waals surface area contributed by atoms with Gasteiger partial charge in [-0.1, -0.05) is 25.1 Å². The first-order valence-corrected chi connectivity index (χ1v) is 12.5. The van der Waals surface area contributed by atoms with Crippen LogP contribution in [-0.4, -0.2) is 59.7 Å². The van der Waals surface area contributed by atoms with E-state index in [1.807, 2.05) is 39.5 Å². The van der Waals surface area contributed by atoms with Crippen LogP contribution in [0.4, 0.5) is 4.79 Å². The van der Waals surface area contributed by atoms with Crippen molar-refractivity contribution in [3.05, 3.63) is 34.9 Å². The number of carbonyl (C=O) groups excluding carboxylic acids is 2. The van der Waals surface area contributed by atoms with Crippen LogP contribution in [0.15, 0.2) is 18.2 Å². The van der Waals surface area contributed by atoms with Crippen LogP contribution in [0.3, 0.4) is 0 Å². The minimum absolute atomic E-state index is 0.0709. The smallest absolute Gasteiger partial charge is 0.410 e. The number of nitrogens with zero attached hydrogens (tertiary/aromatic N) is 3. The molecule has 1 fully saturated rings. The maximum absolute atomic E-state index is 13.3. The average Bonchev–Trinajstić information content (AvgIpc) is 2.79. The highest BCUT2D eigenvalue weighted by molar-refractivity contribution is 5.82. The van der Waals surface area contributed by atoms with E-state index in [4.69, 9.17) is 9.47 Å². The SMILES string of the molecule is CCN(C(=O)C(C#N)C(C)Cc1ccc2c(c1)CN(C(=O)OC(C)(C)C)CC2)C1CCOCC1. The summed E-state index contributed by atoms with van der Waals surface area (Å²) < 4.78 is 11.0. The van der Waals surface area contributed by atoms with E-state index in [9.17, 15) is 14.9 Å². The fourth-order valence-corrected chi connectivity index (χ4v) is 4.90. The molecule has 0 aromatic heterocycles. The predicted octanol–water partition coefficient (Wildman–Crippen LogP) is 4.33. The topological polar surface area (TPSA) is 82.9 Å². The van der Waals surface area contributed by atoms with E-state index in [0.717, 1.165) is 30.4 Å². The highest BCUT2D eigenvalue weighted by atomic mass is 16.6. The van der Waals surface area contributed by atoms with Gasteiger partial charge in [0.05, 0.1) is 6.07 Å². The highest BCUT2D eigenvalue weighted by Crippen LogP contribution is 2.26. The summed E-state index contributed by atoms with van der Waals surface area (Å²) in [6, 6.07) is 8.77. The molecule has 34 heavy (non-hydrogen) atoms. The summed E-state index contributed by atoms with van der Waals surface area (Å²) in [5.74, 6) is -0.870. The summed E-state index contributed by atoms with van der Waals surface area (Å²) in [4.78, 5) is 29.5. The molecule has 0 aliphatic carbocycles. The van der Waals surface area contributed by atoms with Crippen molar-refractivity contribution in [3.8, 4) is 6.07 Å². The summed E-state index contributed by atoms with van der Waals surface area (Å²) in [5.41, 5.74) is 2.91. The first-order valence-electron chi connectivity index (χ1n) is 12.5. The normalized spacial score (nSPS) is 18.4. The average molecular weight is 470 g/mol. The number of ether oxygens (including phenoxy) is 2. The van der Waals surface area contributed by atoms with Crippen molar-refractivity contribution in [3.63, 3.8) is 0 Å². The molecule has 1 aromatic carbocycles. The van der Waals surface area contributed by atoms with Gasteiger partial charge in [-0.3, -0.25) is 4.79 Å². The van der Waals surface area contributed by atoms with Crippen molar-refractivity contribution in [2.75, 3.05) is 26.3 Å². The van der Waals surface area contributed by atoms with Crippen LogP contribution in [-0.2, 0) is 33.7 Å². The second-order valence-corrected chi connectivity index (χ2v) is 10.5. The molecular weight excluding hydrogens is 430 g/mol. The molecule has 1 aromatic rings. The first kappa shape index (κ1) is 26.0. The third-order valence-corrected chi connectivity index (χ3v) is 6.72.